The minimum absolute atomic E-state index is 0.213. The molecule has 1 aromatic carbocycles. The maximum absolute atomic E-state index is 11.9. The first kappa shape index (κ1) is 14.8. The van der Waals surface area contributed by atoms with Crippen molar-refractivity contribution in [2.24, 2.45) is 0 Å². The summed E-state index contributed by atoms with van der Waals surface area (Å²) in [5, 5.41) is 12.3. The standard InChI is InChI=1S/C14H16ClNO4/c15-10-5-3-9(4-6-10)8-11(14(18)19)16-13(17)12-2-1-7-20-12/h3-6,11-12H,1-2,7-8H2,(H,16,17)(H,18,19)/t11-,12+/m1/s1. The third-order valence-electron chi connectivity index (χ3n) is 3.19. The summed E-state index contributed by atoms with van der Waals surface area (Å²) in [5.74, 6) is -1.42. The molecule has 2 atom stereocenters. The quantitative estimate of drug-likeness (QED) is 0.866. The van der Waals surface area contributed by atoms with Crippen LogP contribution in [0.4, 0.5) is 0 Å². The second-order valence-corrected chi connectivity index (χ2v) is 5.17. The highest BCUT2D eigenvalue weighted by Crippen LogP contribution is 2.14. The Kier molecular flexibility index (Phi) is 4.98. The number of benzene rings is 1. The average Bonchev–Trinajstić information content (AvgIpc) is 2.94. The Labute approximate surface area is 121 Å². The van der Waals surface area contributed by atoms with Gasteiger partial charge in [0.25, 0.3) is 0 Å². The Balaban J connectivity index is 1.98. The Morgan fingerprint density at radius 1 is 1.40 bits per heavy atom. The number of carboxylic acids is 1. The second kappa shape index (κ2) is 6.72. The van der Waals surface area contributed by atoms with Crippen molar-refractivity contribution < 1.29 is 19.4 Å². The van der Waals surface area contributed by atoms with Crippen molar-refractivity contribution in [3.05, 3.63) is 34.9 Å². The largest absolute Gasteiger partial charge is 0.480 e. The molecule has 108 valence electrons. The third-order valence-corrected chi connectivity index (χ3v) is 3.44. The summed E-state index contributed by atoms with van der Waals surface area (Å²) in [7, 11) is 0. The molecule has 1 aliphatic rings. The molecule has 0 unspecified atom stereocenters. The molecule has 0 aromatic heterocycles. The van der Waals surface area contributed by atoms with Gasteiger partial charge in [-0.1, -0.05) is 23.7 Å². The number of nitrogens with one attached hydrogen (secondary N) is 1. The number of amides is 1. The summed E-state index contributed by atoms with van der Waals surface area (Å²) in [4.78, 5) is 23.1. The van der Waals surface area contributed by atoms with Crippen molar-refractivity contribution in [1.29, 1.82) is 0 Å². The van der Waals surface area contributed by atoms with E-state index in [-0.39, 0.29) is 12.3 Å². The van der Waals surface area contributed by atoms with Crippen molar-refractivity contribution in [3.8, 4) is 0 Å². The molecule has 0 saturated carbocycles. The lowest BCUT2D eigenvalue weighted by Gasteiger charge is -2.17. The first-order chi connectivity index (χ1) is 9.56. The normalized spacial score (nSPS) is 19.6. The molecular weight excluding hydrogens is 282 g/mol. The highest BCUT2D eigenvalue weighted by atomic mass is 35.5. The van der Waals surface area contributed by atoms with Gasteiger partial charge >= 0.3 is 5.97 Å². The fraction of sp³-hybridized carbons (Fsp3) is 0.429. The lowest BCUT2D eigenvalue weighted by molar-refractivity contribution is -0.143. The molecule has 1 saturated heterocycles. The molecule has 0 aliphatic carbocycles. The van der Waals surface area contributed by atoms with Crippen LogP contribution in [0.5, 0.6) is 0 Å². The summed E-state index contributed by atoms with van der Waals surface area (Å²) < 4.78 is 5.24. The van der Waals surface area contributed by atoms with Crippen LogP contribution in [0.25, 0.3) is 0 Å². The highest BCUT2D eigenvalue weighted by Gasteiger charge is 2.28. The van der Waals surface area contributed by atoms with Crippen molar-refractivity contribution in [2.75, 3.05) is 6.61 Å². The first-order valence-corrected chi connectivity index (χ1v) is 6.83. The number of hydrogen-bond donors (Lipinski definition) is 2. The molecule has 1 amide bonds. The van der Waals surface area contributed by atoms with Gasteiger partial charge in [0.15, 0.2) is 0 Å². The van der Waals surface area contributed by atoms with Gasteiger partial charge in [-0.3, -0.25) is 4.79 Å². The van der Waals surface area contributed by atoms with Gasteiger partial charge in [-0.15, -0.1) is 0 Å². The van der Waals surface area contributed by atoms with Crippen LogP contribution in [0.15, 0.2) is 24.3 Å². The number of ether oxygens (including phenoxy) is 1. The average molecular weight is 298 g/mol. The van der Waals surface area contributed by atoms with E-state index < -0.39 is 18.1 Å². The summed E-state index contributed by atoms with van der Waals surface area (Å²) in [6, 6.07) is 5.91. The minimum atomic E-state index is -1.06. The molecule has 6 heteroatoms. The summed E-state index contributed by atoms with van der Waals surface area (Å²) in [6.07, 6.45) is 1.15. The maximum atomic E-state index is 11.9. The van der Waals surface area contributed by atoms with Crippen LogP contribution in [0.2, 0.25) is 5.02 Å². The number of carbonyl (C=O) groups excluding carboxylic acids is 1. The second-order valence-electron chi connectivity index (χ2n) is 4.73. The molecule has 1 heterocycles. The van der Waals surface area contributed by atoms with Crippen LogP contribution in [0.1, 0.15) is 18.4 Å². The monoisotopic (exact) mass is 297 g/mol. The van der Waals surface area contributed by atoms with Crippen LogP contribution in [-0.4, -0.2) is 35.7 Å². The SMILES string of the molecule is O=C(N[C@H](Cc1ccc(Cl)cc1)C(=O)O)[C@@H]1CCCO1. The van der Waals surface area contributed by atoms with E-state index in [1.54, 1.807) is 24.3 Å². The van der Waals surface area contributed by atoms with E-state index in [4.69, 9.17) is 16.3 Å². The molecular formula is C14H16ClNO4. The molecule has 0 bridgehead atoms. The Morgan fingerprint density at radius 2 is 2.10 bits per heavy atom. The third kappa shape index (κ3) is 3.95. The zero-order chi connectivity index (χ0) is 14.5. The van der Waals surface area contributed by atoms with Crippen LogP contribution in [-0.2, 0) is 20.7 Å². The summed E-state index contributed by atoms with van der Waals surface area (Å²) in [6.45, 7) is 0.549. The van der Waals surface area contributed by atoms with Crippen molar-refractivity contribution in [3.63, 3.8) is 0 Å². The van der Waals surface area contributed by atoms with Crippen LogP contribution in [0, 0.1) is 0 Å². The Morgan fingerprint density at radius 3 is 2.65 bits per heavy atom. The maximum Gasteiger partial charge on any atom is 0.326 e. The zero-order valence-electron chi connectivity index (χ0n) is 10.8. The topological polar surface area (TPSA) is 75.6 Å². The van der Waals surface area contributed by atoms with Crippen LogP contribution < -0.4 is 5.32 Å². The summed E-state index contributed by atoms with van der Waals surface area (Å²) >= 11 is 5.78. The smallest absolute Gasteiger partial charge is 0.326 e. The zero-order valence-corrected chi connectivity index (χ0v) is 11.6. The van der Waals surface area contributed by atoms with E-state index in [2.05, 4.69) is 5.32 Å². The number of carbonyl (C=O) groups is 2. The molecule has 0 spiro atoms. The van der Waals surface area contributed by atoms with Gasteiger partial charge in [0, 0.05) is 18.1 Å². The lowest BCUT2D eigenvalue weighted by atomic mass is 10.1. The van der Waals surface area contributed by atoms with Gasteiger partial charge in [-0.25, -0.2) is 4.79 Å². The van der Waals surface area contributed by atoms with Gasteiger partial charge in [-0.05, 0) is 30.5 Å². The van der Waals surface area contributed by atoms with Crippen molar-refractivity contribution in [2.45, 2.75) is 31.4 Å². The molecule has 20 heavy (non-hydrogen) atoms. The predicted octanol–water partition coefficient (Wildman–Crippen LogP) is 1.63. The van der Waals surface area contributed by atoms with Crippen LogP contribution >= 0.6 is 11.6 Å². The van der Waals surface area contributed by atoms with E-state index in [1.807, 2.05) is 0 Å². The number of carboxylic acid groups (broad SMARTS) is 1. The lowest BCUT2D eigenvalue weighted by Crippen LogP contribution is -2.46. The van der Waals surface area contributed by atoms with Gasteiger partial charge in [0.05, 0.1) is 0 Å². The van der Waals surface area contributed by atoms with E-state index in [0.717, 1.165) is 12.0 Å². The number of rotatable bonds is 5. The predicted molar refractivity (Wildman–Crippen MR) is 73.7 cm³/mol. The molecule has 0 radical (unpaired) electrons. The fourth-order valence-corrected chi connectivity index (χ4v) is 2.23. The first-order valence-electron chi connectivity index (χ1n) is 6.45. The van der Waals surface area contributed by atoms with E-state index in [1.165, 1.54) is 0 Å². The Bertz CT molecular complexity index is 482. The number of hydrogen-bond acceptors (Lipinski definition) is 3. The molecule has 1 aromatic rings. The van der Waals surface area contributed by atoms with Crippen LogP contribution in [0.3, 0.4) is 0 Å². The molecule has 2 N–H and O–H groups in total. The number of aliphatic carboxylic acids is 1. The minimum Gasteiger partial charge on any atom is -0.480 e. The Hall–Kier alpha value is -1.59. The van der Waals surface area contributed by atoms with Gasteiger partial charge in [-0.2, -0.15) is 0 Å². The van der Waals surface area contributed by atoms with E-state index in [0.29, 0.717) is 18.1 Å². The van der Waals surface area contributed by atoms with Gasteiger partial charge in [0.2, 0.25) is 5.91 Å². The fourth-order valence-electron chi connectivity index (χ4n) is 2.11. The molecule has 5 nitrogen and oxygen atoms in total. The molecule has 2 rings (SSSR count). The van der Waals surface area contributed by atoms with Gasteiger partial charge < -0.3 is 15.2 Å². The van der Waals surface area contributed by atoms with E-state index >= 15 is 0 Å². The van der Waals surface area contributed by atoms with Gasteiger partial charge in [0.1, 0.15) is 12.1 Å². The molecule has 1 aliphatic heterocycles. The van der Waals surface area contributed by atoms with E-state index in [9.17, 15) is 14.7 Å². The summed E-state index contributed by atoms with van der Waals surface area (Å²) in [5.41, 5.74) is 0.800. The van der Waals surface area contributed by atoms with Crippen molar-refractivity contribution >= 4 is 23.5 Å². The highest BCUT2D eigenvalue weighted by molar-refractivity contribution is 6.30. The molecule has 1 fully saturated rings. The number of halogens is 1. The van der Waals surface area contributed by atoms with Crippen molar-refractivity contribution in [1.82, 2.24) is 5.32 Å².